The molecule has 3 N–H and O–H groups in total. The largest absolute Gasteiger partial charge is 0.472 e. The predicted octanol–water partition coefficient (Wildman–Crippen LogP) is 2.81. The number of carbonyl (C=O) groups is 4. The molecule has 4 bridgehead atoms. The van der Waals surface area contributed by atoms with E-state index in [4.69, 9.17) is 14.5 Å². The molecule has 5 amide bonds. The van der Waals surface area contributed by atoms with Crippen LogP contribution in [0, 0.1) is 11.8 Å². The third-order valence-corrected chi connectivity index (χ3v) is 13.8. The van der Waals surface area contributed by atoms with Gasteiger partial charge in [-0.1, -0.05) is 31.1 Å². The molecule has 55 heavy (non-hydrogen) atoms. The molecule has 6 aliphatic rings. The first-order chi connectivity index (χ1) is 26.5. The number of nitrogens with zero attached hydrogens (tertiary/aromatic N) is 4. The summed E-state index contributed by atoms with van der Waals surface area (Å²) >= 11 is 0. The number of nitrogens with one attached hydrogen (secondary N) is 3. The van der Waals surface area contributed by atoms with Gasteiger partial charge in [-0.3, -0.25) is 24.1 Å². The van der Waals surface area contributed by atoms with E-state index in [1.165, 1.54) is 11.0 Å². The van der Waals surface area contributed by atoms with Gasteiger partial charge in [-0.25, -0.2) is 18.2 Å². The van der Waals surface area contributed by atoms with Gasteiger partial charge in [0, 0.05) is 55.4 Å². The monoisotopic (exact) mass is 775 g/mol. The van der Waals surface area contributed by atoms with Gasteiger partial charge in [-0.2, -0.15) is 0 Å². The van der Waals surface area contributed by atoms with Crippen molar-refractivity contribution in [2.45, 2.75) is 106 Å². The average Bonchev–Trinajstić information content (AvgIpc) is 3.94. The number of urea groups is 1. The second kappa shape index (κ2) is 15.2. The van der Waals surface area contributed by atoms with Crippen LogP contribution in [0.3, 0.4) is 0 Å². The van der Waals surface area contributed by atoms with Crippen LogP contribution in [0.4, 0.5) is 4.79 Å². The molecule has 16 heteroatoms. The Morgan fingerprint density at radius 2 is 1.89 bits per heavy atom. The van der Waals surface area contributed by atoms with Gasteiger partial charge in [-0.05, 0) is 69.4 Å². The van der Waals surface area contributed by atoms with Crippen LogP contribution < -0.4 is 20.1 Å². The molecule has 5 fully saturated rings. The number of hydrogen-bond donors (Lipinski definition) is 3. The Morgan fingerprint density at radius 3 is 2.65 bits per heavy atom. The number of carbonyl (C=O) groups excluding carboxylic acids is 4. The smallest absolute Gasteiger partial charge is 0.318 e. The molecule has 2 aromatic heterocycles. The highest BCUT2D eigenvalue weighted by atomic mass is 32.2. The Morgan fingerprint density at radius 1 is 1.07 bits per heavy atom. The first-order valence-electron chi connectivity index (χ1n) is 19.6. The predicted molar refractivity (Wildman–Crippen MR) is 202 cm³/mol. The van der Waals surface area contributed by atoms with Gasteiger partial charge < -0.3 is 29.9 Å². The number of aromatic nitrogens is 2. The summed E-state index contributed by atoms with van der Waals surface area (Å²) in [7, 11) is -3.89. The molecule has 8 rings (SSSR count). The van der Waals surface area contributed by atoms with Crippen LogP contribution in [0.5, 0.6) is 5.88 Å². The Bertz CT molecular complexity index is 2000. The molecule has 0 aromatic carbocycles. The number of fused-ring (bicyclic) bond motifs is 6. The van der Waals surface area contributed by atoms with Crippen molar-refractivity contribution >= 4 is 50.8 Å². The maximum atomic E-state index is 14.8. The minimum Gasteiger partial charge on any atom is -0.472 e. The zero-order chi connectivity index (χ0) is 38.3. The molecule has 15 nitrogen and oxygen atoms in total. The van der Waals surface area contributed by atoms with Gasteiger partial charge in [-0.15, -0.1) is 6.58 Å². The molecule has 3 saturated carbocycles. The number of rotatable bonds is 7. The van der Waals surface area contributed by atoms with E-state index in [9.17, 15) is 27.6 Å². The van der Waals surface area contributed by atoms with Crippen LogP contribution in [0.2, 0.25) is 0 Å². The van der Waals surface area contributed by atoms with Crippen molar-refractivity contribution in [3.05, 3.63) is 48.8 Å². The van der Waals surface area contributed by atoms with Crippen LogP contribution in [-0.4, -0.2) is 113 Å². The number of amides is 5. The first-order valence-corrected chi connectivity index (χ1v) is 21.2. The topological polar surface area (TPSA) is 189 Å². The van der Waals surface area contributed by atoms with Crippen molar-refractivity contribution in [2.24, 2.45) is 11.8 Å². The third kappa shape index (κ3) is 7.80. The summed E-state index contributed by atoms with van der Waals surface area (Å²) < 4.78 is 40.5. The summed E-state index contributed by atoms with van der Waals surface area (Å²) in [6, 6.07) is 1.41. The number of ether oxygens (including phenoxy) is 2. The molecule has 6 atom stereocenters. The maximum absolute atomic E-state index is 14.8. The van der Waals surface area contributed by atoms with Crippen molar-refractivity contribution in [1.29, 1.82) is 0 Å². The van der Waals surface area contributed by atoms with Gasteiger partial charge in [0.05, 0.1) is 23.4 Å². The van der Waals surface area contributed by atoms with Crippen LogP contribution in [0.15, 0.2) is 43.3 Å². The van der Waals surface area contributed by atoms with Gasteiger partial charge >= 0.3 is 6.03 Å². The van der Waals surface area contributed by atoms with Gasteiger partial charge in [0.15, 0.2) is 0 Å². The highest BCUT2D eigenvalue weighted by Gasteiger charge is 2.62. The van der Waals surface area contributed by atoms with Crippen LogP contribution in [0.1, 0.15) is 76.2 Å². The molecule has 0 spiro atoms. The van der Waals surface area contributed by atoms with Crippen LogP contribution in [-0.2, 0) is 29.1 Å². The zero-order valence-corrected chi connectivity index (χ0v) is 31.7. The summed E-state index contributed by atoms with van der Waals surface area (Å²) in [6.07, 6.45) is 14.8. The van der Waals surface area contributed by atoms with Crippen LogP contribution in [0.25, 0.3) is 17.0 Å². The summed E-state index contributed by atoms with van der Waals surface area (Å²) in [5, 5.41) is 6.11. The van der Waals surface area contributed by atoms with Crippen LogP contribution >= 0.6 is 0 Å². The van der Waals surface area contributed by atoms with Crippen molar-refractivity contribution < 1.29 is 37.1 Å². The van der Waals surface area contributed by atoms with Crippen molar-refractivity contribution in [2.75, 3.05) is 26.2 Å². The highest BCUT2D eigenvalue weighted by Crippen LogP contribution is 2.45. The average molecular weight is 776 g/mol. The standard InChI is InChI=1S/C39H49N7O8S/c1-2-27-20-39(27,37(49)44-55(51,52)30-11-12-30)43-34(47)32-19-29-23-46(32)36(48)33(24-8-5-6-9-24)42-38(50)45-16-14-28(22-45)53-17-7-3-4-10-25-18-26-21-40-15-13-31(26)41-35(25)54-29/h2,4,10,13,15,18,21,24,27-30,32-33H,1,3,5-9,11-12,14,16-17,19-20,22-23H2,(H,42,50)(H,43,47)(H,44,49)/b10-4+/t27-,28-,29+,32-,33-,39+/m0/s1. The molecular formula is C39H49N7O8S. The van der Waals surface area contributed by atoms with E-state index in [2.05, 4.69) is 26.9 Å². The lowest BCUT2D eigenvalue weighted by atomic mass is 9.96. The van der Waals surface area contributed by atoms with Crippen molar-refractivity contribution in [3.63, 3.8) is 0 Å². The van der Waals surface area contributed by atoms with Gasteiger partial charge in [0.1, 0.15) is 23.7 Å². The Labute approximate surface area is 320 Å². The number of pyridine rings is 2. The number of allylic oxidation sites excluding steroid dienone is 1. The van der Waals surface area contributed by atoms with Gasteiger partial charge in [0.2, 0.25) is 27.7 Å². The quantitative estimate of drug-likeness (QED) is 0.353. The fraction of sp³-hybridized carbons (Fsp3) is 0.590. The van der Waals surface area contributed by atoms with E-state index in [0.29, 0.717) is 55.9 Å². The Kier molecular flexibility index (Phi) is 10.3. The zero-order valence-electron chi connectivity index (χ0n) is 30.9. The van der Waals surface area contributed by atoms with E-state index >= 15 is 0 Å². The summed E-state index contributed by atoms with van der Waals surface area (Å²) in [4.78, 5) is 68.9. The Balaban J connectivity index is 1.12. The molecule has 3 aliphatic heterocycles. The molecule has 2 aromatic rings. The summed E-state index contributed by atoms with van der Waals surface area (Å²) in [5.41, 5.74) is -0.146. The SMILES string of the molecule is C=C[C@H]1C[C@]1(NC(=O)[C@@H]1C[C@@H]2CN1C(=O)[C@H](C1CCCC1)NC(=O)N1CC[C@@H](C1)OCCC/C=C/c1cc3cnccc3nc1O2)C(=O)NS(=O)(=O)C1CC1. The Hall–Kier alpha value is -4.57. The lowest BCUT2D eigenvalue weighted by Crippen LogP contribution is -2.59. The summed E-state index contributed by atoms with van der Waals surface area (Å²) in [5.74, 6) is -2.12. The second-order valence-electron chi connectivity index (χ2n) is 15.9. The molecular weight excluding hydrogens is 727 g/mol. The number of hydrogen-bond acceptors (Lipinski definition) is 10. The molecule has 2 saturated heterocycles. The minimum absolute atomic E-state index is 0.0228. The lowest BCUT2D eigenvalue weighted by molar-refractivity contribution is -0.142. The van der Waals surface area contributed by atoms with E-state index in [0.717, 1.165) is 43.9 Å². The van der Waals surface area contributed by atoms with E-state index in [1.807, 2.05) is 18.2 Å². The van der Waals surface area contributed by atoms with E-state index in [1.54, 1.807) is 23.4 Å². The first kappa shape index (κ1) is 37.4. The van der Waals surface area contributed by atoms with E-state index < -0.39 is 62.6 Å². The summed E-state index contributed by atoms with van der Waals surface area (Å²) in [6.45, 7) is 5.30. The fourth-order valence-electron chi connectivity index (χ4n) is 8.57. The maximum Gasteiger partial charge on any atom is 0.318 e. The van der Waals surface area contributed by atoms with Gasteiger partial charge in [0.25, 0.3) is 5.91 Å². The van der Waals surface area contributed by atoms with E-state index in [-0.39, 0.29) is 37.4 Å². The fourth-order valence-corrected chi connectivity index (χ4v) is 9.93. The normalized spacial score (nSPS) is 31.0. The molecule has 5 heterocycles. The molecule has 294 valence electrons. The number of sulfonamides is 1. The minimum atomic E-state index is -3.89. The van der Waals surface area contributed by atoms with Crippen molar-refractivity contribution in [1.82, 2.24) is 35.1 Å². The molecule has 3 aliphatic carbocycles. The molecule has 0 radical (unpaired) electrons. The lowest BCUT2D eigenvalue weighted by Gasteiger charge is -2.33. The second-order valence-corrected chi connectivity index (χ2v) is 17.8. The van der Waals surface area contributed by atoms with Crippen molar-refractivity contribution in [3.8, 4) is 5.88 Å². The molecule has 0 unspecified atom stereocenters. The highest BCUT2D eigenvalue weighted by molar-refractivity contribution is 7.91. The third-order valence-electron chi connectivity index (χ3n) is 12.0.